The lowest BCUT2D eigenvalue weighted by Gasteiger charge is -2.04. The molecule has 2 N–H and O–H groups in total. The van der Waals surface area contributed by atoms with Gasteiger partial charge in [0, 0.05) is 31.5 Å². The van der Waals surface area contributed by atoms with E-state index in [2.05, 4.69) is 5.32 Å². The summed E-state index contributed by atoms with van der Waals surface area (Å²) in [7, 11) is 1.62. The molecular formula is C19H23NO3. The Hall–Kier alpha value is -2.59. The van der Waals surface area contributed by atoms with Gasteiger partial charge in [-0.1, -0.05) is 48.6 Å². The zero-order chi connectivity index (χ0) is 16.9. The molecule has 0 aliphatic heterocycles. The summed E-state index contributed by atoms with van der Waals surface area (Å²) >= 11 is 0. The normalized spacial score (nSPS) is 13.0. The van der Waals surface area contributed by atoms with Crippen LogP contribution in [0.1, 0.15) is 12.5 Å². The van der Waals surface area contributed by atoms with Crippen LogP contribution in [0, 0.1) is 0 Å². The van der Waals surface area contributed by atoms with E-state index in [1.54, 1.807) is 26.2 Å². The third-order valence-corrected chi connectivity index (χ3v) is 2.83. The summed E-state index contributed by atoms with van der Waals surface area (Å²) in [5.74, 6) is -0.366. The molecule has 23 heavy (non-hydrogen) atoms. The molecule has 0 saturated heterocycles. The summed E-state index contributed by atoms with van der Waals surface area (Å²) in [4.78, 5) is 11.7. The molecule has 1 aromatic rings. The summed E-state index contributed by atoms with van der Waals surface area (Å²) in [5, 5.41) is 12.7. The van der Waals surface area contributed by atoms with Crippen LogP contribution in [0.15, 0.2) is 72.2 Å². The molecule has 0 saturated carbocycles. The fourth-order valence-corrected chi connectivity index (χ4v) is 1.74. The third kappa shape index (κ3) is 9.11. The van der Waals surface area contributed by atoms with Crippen LogP contribution in [-0.4, -0.2) is 31.2 Å². The number of aliphatic hydroxyl groups is 1. The van der Waals surface area contributed by atoms with Crippen molar-refractivity contribution in [3.05, 3.63) is 77.7 Å². The lowest BCUT2D eigenvalue weighted by Crippen LogP contribution is -2.17. The number of hydrogen-bond acceptors (Lipinski definition) is 4. The first kappa shape index (κ1) is 18.5. The Morgan fingerprint density at radius 2 is 1.96 bits per heavy atom. The van der Waals surface area contributed by atoms with Crippen LogP contribution in [0.25, 0.3) is 6.08 Å². The minimum absolute atomic E-state index is 0.0892. The van der Waals surface area contributed by atoms with E-state index in [9.17, 15) is 9.90 Å². The average molecular weight is 313 g/mol. The molecule has 0 aliphatic rings. The van der Waals surface area contributed by atoms with Crippen molar-refractivity contribution in [3.63, 3.8) is 0 Å². The zero-order valence-electron chi connectivity index (χ0n) is 13.5. The van der Waals surface area contributed by atoms with Crippen LogP contribution in [0.5, 0.6) is 0 Å². The quantitative estimate of drug-likeness (QED) is 0.317. The number of nitrogens with one attached hydrogen (secondary N) is 1. The molecule has 0 amide bonds. The van der Waals surface area contributed by atoms with E-state index >= 15 is 0 Å². The Kier molecular flexibility index (Phi) is 8.86. The average Bonchev–Trinajstić information content (AvgIpc) is 2.52. The van der Waals surface area contributed by atoms with Gasteiger partial charge < -0.3 is 15.2 Å². The molecule has 0 aromatic heterocycles. The topological polar surface area (TPSA) is 58.6 Å². The van der Waals surface area contributed by atoms with Gasteiger partial charge in [0.05, 0.1) is 6.61 Å². The molecule has 4 nitrogen and oxygen atoms in total. The van der Waals surface area contributed by atoms with Gasteiger partial charge in [-0.25, -0.2) is 0 Å². The molecule has 122 valence electrons. The molecule has 0 fully saturated rings. The van der Waals surface area contributed by atoms with Gasteiger partial charge in [-0.3, -0.25) is 4.79 Å². The van der Waals surface area contributed by atoms with Gasteiger partial charge in [0.2, 0.25) is 0 Å². The Morgan fingerprint density at radius 1 is 1.22 bits per heavy atom. The number of carbonyl (C=O) groups is 1. The van der Waals surface area contributed by atoms with Crippen molar-refractivity contribution in [2.45, 2.75) is 6.92 Å². The fraction of sp³-hybridized carbons (Fsp3) is 0.211. The molecule has 0 spiro atoms. The summed E-state index contributed by atoms with van der Waals surface area (Å²) in [6.45, 7) is 2.99. The fourth-order valence-electron chi connectivity index (χ4n) is 1.74. The molecule has 1 aromatic carbocycles. The number of methoxy groups -OCH3 is 1. The monoisotopic (exact) mass is 313 g/mol. The second kappa shape index (κ2) is 11.0. The number of ketones is 1. The van der Waals surface area contributed by atoms with Gasteiger partial charge in [0.15, 0.2) is 5.78 Å². The number of carbonyl (C=O) groups excluding carboxylic acids is 1. The van der Waals surface area contributed by atoms with E-state index in [1.807, 2.05) is 36.4 Å². The maximum atomic E-state index is 11.7. The zero-order valence-corrected chi connectivity index (χ0v) is 13.5. The number of rotatable bonds is 9. The number of hydrogen-bond donors (Lipinski definition) is 2. The maximum absolute atomic E-state index is 11.7. The van der Waals surface area contributed by atoms with E-state index in [4.69, 9.17) is 4.74 Å². The smallest absolute Gasteiger partial charge is 0.184 e. The van der Waals surface area contributed by atoms with Crippen LogP contribution in [-0.2, 0) is 9.53 Å². The summed E-state index contributed by atoms with van der Waals surface area (Å²) < 4.78 is 4.91. The highest BCUT2D eigenvalue weighted by Crippen LogP contribution is 2.02. The Morgan fingerprint density at radius 3 is 2.65 bits per heavy atom. The molecule has 4 heteroatoms. The molecule has 1 rings (SSSR count). The Bertz CT molecular complexity index is 598. The Labute approximate surface area is 137 Å². The van der Waals surface area contributed by atoms with Crippen molar-refractivity contribution in [1.29, 1.82) is 0 Å². The van der Waals surface area contributed by atoms with Crippen LogP contribution in [0.4, 0.5) is 0 Å². The van der Waals surface area contributed by atoms with Crippen molar-refractivity contribution in [2.24, 2.45) is 0 Å². The first-order chi connectivity index (χ1) is 11.1. The van der Waals surface area contributed by atoms with E-state index in [0.29, 0.717) is 13.2 Å². The highest BCUT2D eigenvalue weighted by Gasteiger charge is 1.96. The van der Waals surface area contributed by atoms with Crippen LogP contribution >= 0.6 is 0 Å². The predicted octanol–water partition coefficient (Wildman–Crippen LogP) is 3.41. The molecule has 0 unspecified atom stereocenters. The Balaban J connectivity index is 2.49. The van der Waals surface area contributed by atoms with Crippen molar-refractivity contribution in [1.82, 2.24) is 5.32 Å². The van der Waals surface area contributed by atoms with Crippen LogP contribution in [0.3, 0.4) is 0 Å². The summed E-state index contributed by atoms with van der Waals surface area (Å²) in [6, 6.07) is 9.82. The van der Waals surface area contributed by atoms with Crippen molar-refractivity contribution < 1.29 is 14.6 Å². The van der Waals surface area contributed by atoms with E-state index < -0.39 is 0 Å². The second-order valence-electron chi connectivity index (χ2n) is 4.85. The van der Waals surface area contributed by atoms with Crippen molar-refractivity contribution in [3.8, 4) is 0 Å². The summed E-state index contributed by atoms with van der Waals surface area (Å²) in [6.07, 6.45) is 9.47. The molecule has 0 aliphatic carbocycles. The number of aliphatic hydroxyl groups excluding tert-OH is 1. The SMILES string of the molecule is COCCN/C(C)=C/C(=O)/C=C(O)/C=C/C=C/c1ccccc1. The summed E-state index contributed by atoms with van der Waals surface area (Å²) in [5.41, 5.74) is 1.79. The van der Waals surface area contributed by atoms with Gasteiger partial charge in [-0.05, 0) is 18.6 Å². The van der Waals surface area contributed by atoms with Gasteiger partial charge >= 0.3 is 0 Å². The second-order valence-corrected chi connectivity index (χ2v) is 4.85. The van der Waals surface area contributed by atoms with Crippen LogP contribution < -0.4 is 5.32 Å². The van der Waals surface area contributed by atoms with Crippen molar-refractivity contribution in [2.75, 3.05) is 20.3 Å². The van der Waals surface area contributed by atoms with E-state index in [-0.39, 0.29) is 11.5 Å². The van der Waals surface area contributed by atoms with Gasteiger partial charge in [0.1, 0.15) is 5.76 Å². The molecule has 0 bridgehead atoms. The third-order valence-electron chi connectivity index (χ3n) is 2.83. The highest BCUT2D eigenvalue weighted by molar-refractivity contribution is 6.00. The lowest BCUT2D eigenvalue weighted by molar-refractivity contribution is -0.110. The van der Waals surface area contributed by atoms with E-state index in [1.165, 1.54) is 18.2 Å². The predicted molar refractivity (Wildman–Crippen MR) is 94.0 cm³/mol. The molecule has 0 heterocycles. The van der Waals surface area contributed by atoms with E-state index in [0.717, 1.165) is 11.3 Å². The molecule has 0 atom stereocenters. The molecular weight excluding hydrogens is 290 g/mol. The number of benzene rings is 1. The highest BCUT2D eigenvalue weighted by atomic mass is 16.5. The van der Waals surface area contributed by atoms with Crippen LogP contribution in [0.2, 0.25) is 0 Å². The molecule has 0 radical (unpaired) electrons. The number of allylic oxidation sites excluding steroid dienone is 6. The van der Waals surface area contributed by atoms with Gasteiger partial charge in [-0.15, -0.1) is 0 Å². The van der Waals surface area contributed by atoms with Gasteiger partial charge in [-0.2, -0.15) is 0 Å². The lowest BCUT2D eigenvalue weighted by atomic mass is 10.2. The largest absolute Gasteiger partial charge is 0.508 e. The maximum Gasteiger partial charge on any atom is 0.184 e. The van der Waals surface area contributed by atoms with Gasteiger partial charge in [0.25, 0.3) is 0 Å². The first-order valence-corrected chi connectivity index (χ1v) is 7.37. The first-order valence-electron chi connectivity index (χ1n) is 7.37. The minimum Gasteiger partial charge on any atom is -0.508 e. The standard InChI is InChI=1S/C19H23NO3/c1-16(20-12-13-23-2)14-19(22)15-18(21)11-7-6-10-17-8-4-3-5-9-17/h3-11,14-15,20-21H,12-13H2,1-2H3/b10-6+,11-7+,16-14+,18-15-. The number of ether oxygens (including phenoxy) is 1. The minimum atomic E-state index is -0.276. The van der Waals surface area contributed by atoms with Crippen molar-refractivity contribution >= 4 is 11.9 Å².